The zero-order valence-corrected chi connectivity index (χ0v) is 12.4. The third-order valence-electron chi connectivity index (χ3n) is 2.86. The maximum atomic E-state index is 11.9. The standard InChI is InChI=1S/C16H15NO3S/c1-20-16(19)13-8-5-9-14(17-11-18)15(13)21-10-12-6-3-2-4-7-12/h2-9,11H,10H2,1H3,(H,17,18). The van der Waals surface area contributed by atoms with Crippen molar-refractivity contribution in [2.45, 2.75) is 10.6 Å². The Labute approximate surface area is 127 Å². The largest absolute Gasteiger partial charge is 0.465 e. The van der Waals surface area contributed by atoms with Crippen LogP contribution in [0.15, 0.2) is 53.4 Å². The second-order valence-corrected chi connectivity index (χ2v) is 5.20. The molecular weight excluding hydrogens is 286 g/mol. The highest BCUT2D eigenvalue weighted by atomic mass is 32.2. The lowest BCUT2D eigenvalue weighted by molar-refractivity contribution is -0.105. The van der Waals surface area contributed by atoms with Gasteiger partial charge >= 0.3 is 5.97 Å². The Kier molecular flexibility index (Phi) is 5.40. The number of amides is 1. The highest BCUT2D eigenvalue weighted by molar-refractivity contribution is 7.98. The van der Waals surface area contributed by atoms with Gasteiger partial charge in [-0.2, -0.15) is 0 Å². The Morgan fingerprint density at radius 2 is 1.95 bits per heavy atom. The van der Waals surface area contributed by atoms with E-state index in [1.54, 1.807) is 18.2 Å². The molecule has 1 amide bonds. The molecule has 2 rings (SSSR count). The molecule has 0 aliphatic heterocycles. The molecule has 0 aliphatic rings. The number of thioether (sulfide) groups is 1. The van der Waals surface area contributed by atoms with Crippen LogP contribution in [0.25, 0.3) is 0 Å². The molecule has 0 heterocycles. The van der Waals surface area contributed by atoms with E-state index in [1.807, 2.05) is 30.3 Å². The van der Waals surface area contributed by atoms with E-state index >= 15 is 0 Å². The summed E-state index contributed by atoms with van der Waals surface area (Å²) < 4.78 is 4.79. The van der Waals surface area contributed by atoms with Gasteiger partial charge in [0.15, 0.2) is 0 Å². The fourth-order valence-electron chi connectivity index (χ4n) is 1.87. The fourth-order valence-corrected chi connectivity index (χ4v) is 2.96. The van der Waals surface area contributed by atoms with E-state index in [2.05, 4.69) is 5.32 Å². The van der Waals surface area contributed by atoms with Crippen molar-refractivity contribution in [3.8, 4) is 0 Å². The molecule has 2 aromatic carbocycles. The molecule has 0 radical (unpaired) electrons. The Hall–Kier alpha value is -2.27. The van der Waals surface area contributed by atoms with E-state index in [-0.39, 0.29) is 0 Å². The van der Waals surface area contributed by atoms with Gasteiger partial charge in [0.25, 0.3) is 0 Å². The van der Waals surface area contributed by atoms with Crippen molar-refractivity contribution >= 4 is 29.8 Å². The van der Waals surface area contributed by atoms with Gasteiger partial charge in [-0.05, 0) is 17.7 Å². The average molecular weight is 301 g/mol. The number of anilines is 1. The molecule has 4 nitrogen and oxygen atoms in total. The van der Waals surface area contributed by atoms with Crippen molar-refractivity contribution in [1.82, 2.24) is 0 Å². The molecular formula is C16H15NO3S. The van der Waals surface area contributed by atoms with Crippen LogP contribution >= 0.6 is 11.8 Å². The monoisotopic (exact) mass is 301 g/mol. The SMILES string of the molecule is COC(=O)c1cccc(NC=O)c1SCc1ccccc1. The maximum absolute atomic E-state index is 11.9. The van der Waals surface area contributed by atoms with E-state index in [0.29, 0.717) is 28.3 Å². The summed E-state index contributed by atoms with van der Waals surface area (Å²) in [7, 11) is 1.34. The van der Waals surface area contributed by atoms with Crippen LogP contribution in [0, 0.1) is 0 Å². The van der Waals surface area contributed by atoms with Crippen molar-refractivity contribution < 1.29 is 14.3 Å². The number of methoxy groups -OCH3 is 1. The summed E-state index contributed by atoms with van der Waals surface area (Å²) in [6, 6.07) is 15.1. The molecule has 0 aliphatic carbocycles. The Balaban J connectivity index is 2.29. The number of benzene rings is 2. The Bertz CT molecular complexity index is 629. The van der Waals surface area contributed by atoms with Gasteiger partial charge in [-0.25, -0.2) is 4.79 Å². The van der Waals surface area contributed by atoms with Crippen LogP contribution in [-0.2, 0) is 15.3 Å². The van der Waals surface area contributed by atoms with Crippen LogP contribution in [0.1, 0.15) is 15.9 Å². The first-order valence-corrected chi connectivity index (χ1v) is 7.33. The molecule has 0 saturated heterocycles. The number of esters is 1. The van der Waals surface area contributed by atoms with Gasteiger partial charge in [-0.1, -0.05) is 36.4 Å². The zero-order valence-electron chi connectivity index (χ0n) is 11.5. The lowest BCUT2D eigenvalue weighted by Gasteiger charge is -2.12. The molecule has 21 heavy (non-hydrogen) atoms. The summed E-state index contributed by atoms with van der Waals surface area (Å²) in [5.74, 6) is 0.280. The van der Waals surface area contributed by atoms with Gasteiger partial charge in [0.05, 0.1) is 18.4 Å². The Morgan fingerprint density at radius 3 is 2.62 bits per heavy atom. The number of ether oxygens (including phenoxy) is 1. The average Bonchev–Trinajstić information content (AvgIpc) is 2.54. The minimum atomic E-state index is -0.417. The lowest BCUT2D eigenvalue weighted by atomic mass is 10.2. The van der Waals surface area contributed by atoms with Crippen LogP contribution in [0.3, 0.4) is 0 Å². The number of hydrogen-bond acceptors (Lipinski definition) is 4. The minimum Gasteiger partial charge on any atom is -0.465 e. The summed E-state index contributed by atoms with van der Waals surface area (Å²) in [5.41, 5.74) is 2.19. The molecule has 5 heteroatoms. The van der Waals surface area contributed by atoms with Gasteiger partial charge < -0.3 is 10.1 Å². The van der Waals surface area contributed by atoms with Crippen LogP contribution in [0.5, 0.6) is 0 Å². The van der Waals surface area contributed by atoms with Crippen molar-refractivity contribution in [1.29, 1.82) is 0 Å². The quantitative estimate of drug-likeness (QED) is 0.505. The molecule has 0 fully saturated rings. The van der Waals surface area contributed by atoms with Gasteiger partial charge in [0.1, 0.15) is 0 Å². The lowest BCUT2D eigenvalue weighted by Crippen LogP contribution is -2.06. The van der Waals surface area contributed by atoms with E-state index < -0.39 is 5.97 Å². The topological polar surface area (TPSA) is 55.4 Å². The van der Waals surface area contributed by atoms with Gasteiger partial charge in [-0.3, -0.25) is 4.79 Å². The molecule has 0 spiro atoms. The molecule has 0 bridgehead atoms. The van der Waals surface area contributed by atoms with Crippen molar-refractivity contribution in [3.63, 3.8) is 0 Å². The molecule has 108 valence electrons. The van der Waals surface area contributed by atoms with E-state index in [1.165, 1.54) is 18.9 Å². The summed E-state index contributed by atoms with van der Waals surface area (Å²) in [4.78, 5) is 23.3. The molecule has 0 unspecified atom stereocenters. The molecule has 0 saturated carbocycles. The summed E-state index contributed by atoms with van der Waals surface area (Å²) >= 11 is 1.49. The van der Waals surface area contributed by atoms with E-state index in [4.69, 9.17) is 4.74 Å². The van der Waals surface area contributed by atoms with Gasteiger partial charge in [0.2, 0.25) is 6.41 Å². The third kappa shape index (κ3) is 3.86. The zero-order chi connectivity index (χ0) is 15.1. The smallest absolute Gasteiger partial charge is 0.339 e. The second kappa shape index (κ2) is 7.50. The first-order chi connectivity index (χ1) is 10.3. The highest BCUT2D eigenvalue weighted by Gasteiger charge is 2.15. The summed E-state index contributed by atoms with van der Waals surface area (Å²) in [6.07, 6.45) is 0.600. The predicted octanol–water partition coefficient (Wildman–Crippen LogP) is 3.33. The molecule has 2 aromatic rings. The highest BCUT2D eigenvalue weighted by Crippen LogP contribution is 2.33. The third-order valence-corrected chi connectivity index (χ3v) is 4.07. The Morgan fingerprint density at radius 1 is 1.19 bits per heavy atom. The summed E-state index contributed by atoms with van der Waals surface area (Å²) in [5, 5.41) is 2.62. The molecule has 0 aromatic heterocycles. The number of rotatable bonds is 6. The number of nitrogens with one attached hydrogen (secondary N) is 1. The normalized spacial score (nSPS) is 9.95. The minimum absolute atomic E-state index is 0.417. The van der Waals surface area contributed by atoms with Crippen LogP contribution in [-0.4, -0.2) is 19.5 Å². The molecule has 1 N–H and O–H groups in total. The fraction of sp³-hybridized carbons (Fsp3) is 0.125. The van der Waals surface area contributed by atoms with E-state index in [0.717, 1.165) is 5.56 Å². The van der Waals surface area contributed by atoms with Crippen LogP contribution in [0.4, 0.5) is 5.69 Å². The number of hydrogen-bond donors (Lipinski definition) is 1. The van der Waals surface area contributed by atoms with Crippen molar-refractivity contribution in [2.24, 2.45) is 0 Å². The molecule has 0 atom stereocenters. The number of carbonyl (C=O) groups is 2. The maximum Gasteiger partial charge on any atom is 0.339 e. The van der Waals surface area contributed by atoms with Gasteiger partial charge in [-0.15, -0.1) is 11.8 Å². The van der Waals surface area contributed by atoms with Crippen molar-refractivity contribution in [2.75, 3.05) is 12.4 Å². The summed E-state index contributed by atoms with van der Waals surface area (Å²) in [6.45, 7) is 0. The van der Waals surface area contributed by atoms with Gasteiger partial charge in [0, 0.05) is 10.6 Å². The van der Waals surface area contributed by atoms with Crippen molar-refractivity contribution in [3.05, 3.63) is 59.7 Å². The van der Waals surface area contributed by atoms with Crippen LogP contribution in [0.2, 0.25) is 0 Å². The first kappa shape index (κ1) is 15.1. The predicted molar refractivity (Wildman–Crippen MR) is 83.5 cm³/mol. The first-order valence-electron chi connectivity index (χ1n) is 6.34. The number of carbonyl (C=O) groups excluding carboxylic acids is 2. The second-order valence-electron chi connectivity index (χ2n) is 4.21. The van der Waals surface area contributed by atoms with Crippen LogP contribution < -0.4 is 5.32 Å². The van der Waals surface area contributed by atoms with E-state index in [9.17, 15) is 9.59 Å².